The summed E-state index contributed by atoms with van der Waals surface area (Å²) in [5, 5.41) is 4.56. The number of para-hydroxylation sites is 1. The second-order valence-electron chi connectivity index (χ2n) is 4.93. The van der Waals surface area contributed by atoms with E-state index >= 15 is 0 Å². The second-order valence-corrected chi connectivity index (χ2v) is 4.93. The van der Waals surface area contributed by atoms with E-state index in [2.05, 4.69) is 11.4 Å². The Balaban J connectivity index is 1.99. The third-order valence-corrected chi connectivity index (χ3v) is 3.50. The fourth-order valence-corrected chi connectivity index (χ4v) is 2.32. The van der Waals surface area contributed by atoms with Crippen molar-refractivity contribution in [2.45, 2.75) is 32.0 Å². The number of nitrogens with one attached hydrogen (secondary N) is 1. The Morgan fingerprint density at radius 2 is 2.16 bits per heavy atom. The molecule has 2 aromatic rings. The molecule has 3 rings (SSSR count). The number of methoxy groups -OCH3 is 2. The Bertz CT molecular complexity index is 572. The predicted molar refractivity (Wildman–Crippen MR) is 73.3 cm³/mol. The highest BCUT2D eigenvalue weighted by Crippen LogP contribution is 2.33. The molecule has 0 saturated heterocycles. The lowest BCUT2D eigenvalue weighted by Crippen LogP contribution is -2.15. The van der Waals surface area contributed by atoms with Crippen molar-refractivity contribution in [1.82, 2.24) is 5.32 Å². The van der Waals surface area contributed by atoms with Crippen molar-refractivity contribution in [3.05, 3.63) is 29.5 Å². The number of hydrogen-bond donors (Lipinski definition) is 1. The van der Waals surface area contributed by atoms with Crippen molar-refractivity contribution in [3.63, 3.8) is 0 Å². The smallest absolute Gasteiger partial charge is 0.176 e. The van der Waals surface area contributed by atoms with Crippen molar-refractivity contribution < 1.29 is 13.9 Å². The maximum atomic E-state index is 5.98. The zero-order valence-electron chi connectivity index (χ0n) is 11.4. The highest BCUT2D eigenvalue weighted by Gasteiger charge is 2.23. The van der Waals surface area contributed by atoms with Crippen LogP contribution in [0.5, 0.6) is 5.75 Å². The molecular formula is C15H19NO3. The molecule has 4 heteroatoms. The Morgan fingerprint density at radius 3 is 2.84 bits per heavy atom. The van der Waals surface area contributed by atoms with Gasteiger partial charge in [-0.15, -0.1) is 0 Å². The minimum Gasteiger partial charge on any atom is -0.493 e. The van der Waals surface area contributed by atoms with Gasteiger partial charge in [-0.1, -0.05) is 12.1 Å². The van der Waals surface area contributed by atoms with Gasteiger partial charge in [0, 0.05) is 24.1 Å². The van der Waals surface area contributed by atoms with Gasteiger partial charge in [0.2, 0.25) is 0 Å². The fourth-order valence-electron chi connectivity index (χ4n) is 2.32. The molecule has 0 aliphatic heterocycles. The SMILES string of the molecule is COCc1c(CNC2CC2)oc2c(OC)cccc12. The monoisotopic (exact) mass is 261 g/mol. The summed E-state index contributed by atoms with van der Waals surface area (Å²) in [6.07, 6.45) is 2.53. The van der Waals surface area contributed by atoms with Crippen LogP contribution in [0.25, 0.3) is 11.0 Å². The van der Waals surface area contributed by atoms with Crippen LogP contribution in [0.1, 0.15) is 24.2 Å². The molecule has 0 spiro atoms. The molecule has 1 N–H and O–H groups in total. The molecule has 0 radical (unpaired) electrons. The molecule has 1 aliphatic carbocycles. The Morgan fingerprint density at radius 1 is 1.32 bits per heavy atom. The summed E-state index contributed by atoms with van der Waals surface area (Å²) < 4.78 is 16.6. The van der Waals surface area contributed by atoms with Crippen LogP contribution < -0.4 is 10.1 Å². The van der Waals surface area contributed by atoms with Gasteiger partial charge >= 0.3 is 0 Å². The minimum absolute atomic E-state index is 0.557. The summed E-state index contributed by atoms with van der Waals surface area (Å²) in [4.78, 5) is 0. The minimum atomic E-state index is 0.557. The van der Waals surface area contributed by atoms with Gasteiger partial charge in [0.25, 0.3) is 0 Å². The summed E-state index contributed by atoms with van der Waals surface area (Å²) in [5.74, 6) is 1.72. The van der Waals surface area contributed by atoms with E-state index in [1.54, 1.807) is 14.2 Å². The van der Waals surface area contributed by atoms with E-state index in [1.807, 2.05) is 12.1 Å². The molecule has 1 fully saturated rings. The number of hydrogen-bond acceptors (Lipinski definition) is 4. The second kappa shape index (κ2) is 5.23. The van der Waals surface area contributed by atoms with Gasteiger partial charge in [-0.3, -0.25) is 0 Å². The van der Waals surface area contributed by atoms with Crippen LogP contribution in [0.4, 0.5) is 0 Å². The molecule has 19 heavy (non-hydrogen) atoms. The molecular weight excluding hydrogens is 242 g/mol. The number of ether oxygens (including phenoxy) is 2. The first-order valence-corrected chi connectivity index (χ1v) is 6.63. The number of furan rings is 1. The average Bonchev–Trinajstić information content (AvgIpc) is 3.20. The third-order valence-electron chi connectivity index (χ3n) is 3.50. The molecule has 0 amide bonds. The fraction of sp³-hybridized carbons (Fsp3) is 0.467. The van der Waals surface area contributed by atoms with E-state index in [0.29, 0.717) is 12.6 Å². The highest BCUT2D eigenvalue weighted by molar-refractivity contribution is 5.87. The van der Waals surface area contributed by atoms with Gasteiger partial charge in [0.15, 0.2) is 11.3 Å². The summed E-state index contributed by atoms with van der Waals surface area (Å²) in [7, 11) is 3.37. The summed E-state index contributed by atoms with van der Waals surface area (Å²) in [6.45, 7) is 1.31. The van der Waals surface area contributed by atoms with Crippen LogP contribution in [-0.2, 0) is 17.9 Å². The van der Waals surface area contributed by atoms with Crippen LogP contribution in [0, 0.1) is 0 Å². The van der Waals surface area contributed by atoms with Crippen molar-refractivity contribution in [2.75, 3.05) is 14.2 Å². The molecule has 1 aromatic carbocycles. The van der Waals surface area contributed by atoms with E-state index in [4.69, 9.17) is 13.9 Å². The van der Waals surface area contributed by atoms with Crippen molar-refractivity contribution >= 4 is 11.0 Å². The molecule has 0 unspecified atom stereocenters. The summed E-state index contributed by atoms with van der Waals surface area (Å²) in [5.41, 5.74) is 1.93. The molecule has 0 atom stereocenters. The van der Waals surface area contributed by atoms with Gasteiger partial charge in [0.05, 0.1) is 20.3 Å². The molecule has 1 heterocycles. The van der Waals surface area contributed by atoms with Crippen LogP contribution in [0.2, 0.25) is 0 Å². The molecule has 102 valence electrons. The normalized spacial score (nSPS) is 15.1. The van der Waals surface area contributed by atoms with Gasteiger partial charge in [0.1, 0.15) is 5.76 Å². The quantitative estimate of drug-likeness (QED) is 0.868. The lowest BCUT2D eigenvalue weighted by atomic mass is 10.1. The standard InChI is InChI=1S/C15H19NO3/c1-17-9-12-11-4-3-5-13(18-2)15(11)19-14(12)8-16-10-6-7-10/h3-5,10,16H,6-9H2,1-2H3. The Hall–Kier alpha value is -1.52. The summed E-state index contributed by atoms with van der Waals surface area (Å²) >= 11 is 0. The predicted octanol–water partition coefficient (Wildman–Crippen LogP) is 2.84. The Labute approximate surface area is 112 Å². The molecule has 1 aromatic heterocycles. The number of fused-ring (bicyclic) bond motifs is 1. The maximum Gasteiger partial charge on any atom is 0.176 e. The molecule has 4 nitrogen and oxygen atoms in total. The number of rotatable bonds is 6. The number of benzene rings is 1. The highest BCUT2D eigenvalue weighted by atomic mass is 16.5. The van der Waals surface area contributed by atoms with Crippen LogP contribution in [0.3, 0.4) is 0 Å². The first-order valence-electron chi connectivity index (χ1n) is 6.63. The first-order chi connectivity index (χ1) is 9.33. The van der Waals surface area contributed by atoms with Crippen LogP contribution in [0.15, 0.2) is 22.6 Å². The van der Waals surface area contributed by atoms with Gasteiger partial charge in [-0.05, 0) is 18.9 Å². The van der Waals surface area contributed by atoms with Crippen molar-refractivity contribution in [3.8, 4) is 5.75 Å². The van der Waals surface area contributed by atoms with E-state index in [-0.39, 0.29) is 0 Å². The average molecular weight is 261 g/mol. The topological polar surface area (TPSA) is 43.6 Å². The first kappa shape index (κ1) is 12.5. The van der Waals surface area contributed by atoms with E-state index in [1.165, 1.54) is 12.8 Å². The maximum absolute atomic E-state index is 5.98. The molecule has 1 saturated carbocycles. The largest absolute Gasteiger partial charge is 0.493 e. The van der Waals surface area contributed by atoms with E-state index in [9.17, 15) is 0 Å². The van der Waals surface area contributed by atoms with Crippen LogP contribution in [-0.4, -0.2) is 20.3 Å². The van der Waals surface area contributed by atoms with Gasteiger partial charge in [-0.2, -0.15) is 0 Å². The van der Waals surface area contributed by atoms with E-state index < -0.39 is 0 Å². The van der Waals surface area contributed by atoms with Crippen LogP contribution >= 0.6 is 0 Å². The van der Waals surface area contributed by atoms with E-state index in [0.717, 1.165) is 34.6 Å². The molecule has 0 bridgehead atoms. The van der Waals surface area contributed by atoms with Gasteiger partial charge < -0.3 is 19.2 Å². The summed E-state index contributed by atoms with van der Waals surface area (Å²) in [6, 6.07) is 6.61. The van der Waals surface area contributed by atoms with Crippen molar-refractivity contribution in [2.24, 2.45) is 0 Å². The third kappa shape index (κ3) is 2.46. The van der Waals surface area contributed by atoms with Gasteiger partial charge in [-0.25, -0.2) is 0 Å². The zero-order chi connectivity index (χ0) is 13.2. The Kier molecular flexibility index (Phi) is 3.44. The van der Waals surface area contributed by atoms with Crippen molar-refractivity contribution in [1.29, 1.82) is 0 Å². The zero-order valence-corrected chi connectivity index (χ0v) is 11.4. The molecule has 1 aliphatic rings. The lowest BCUT2D eigenvalue weighted by molar-refractivity contribution is 0.183. The lowest BCUT2D eigenvalue weighted by Gasteiger charge is -2.03.